The number of likely N-dealkylation sites (tertiary alicyclic amines) is 1. The molecule has 3 rings (SSSR count). The van der Waals surface area contributed by atoms with Crippen molar-refractivity contribution in [3.05, 3.63) is 29.6 Å². The Morgan fingerprint density at radius 3 is 2.76 bits per heavy atom. The molecule has 1 aromatic rings. The zero-order valence-corrected chi connectivity index (χ0v) is 15.3. The molecule has 134 valence electrons. The molecule has 1 aliphatic carbocycles. The largest absolute Gasteiger partial charge is 0.469 e. The van der Waals surface area contributed by atoms with E-state index >= 15 is 0 Å². The Balaban J connectivity index is 1.53. The van der Waals surface area contributed by atoms with Gasteiger partial charge in [-0.3, -0.25) is 14.7 Å². The van der Waals surface area contributed by atoms with Gasteiger partial charge in [0, 0.05) is 30.4 Å². The summed E-state index contributed by atoms with van der Waals surface area (Å²) in [7, 11) is 3.66. The topological polar surface area (TPSA) is 42.4 Å². The maximum atomic E-state index is 11.6. The van der Waals surface area contributed by atoms with Crippen molar-refractivity contribution in [3.63, 3.8) is 0 Å². The van der Waals surface area contributed by atoms with E-state index in [2.05, 4.69) is 34.8 Å². The van der Waals surface area contributed by atoms with Gasteiger partial charge in [0.05, 0.1) is 13.0 Å². The number of pyridine rings is 1. The SMILES string of the molecule is COC(=O)C1CCC(CC#Cc2cncc(C3CCCN3C)c2)CC1. The molecule has 1 aliphatic heterocycles. The molecule has 1 atom stereocenters. The summed E-state index contributed by atoms with van der Waals surface area (Å²) < 4.78 is 4.85. The molecule has 0 amide bonds. The fraction of sp³-hybridized carbons (Fsp3) is 0.619. The second-order valence-corrected chi connectivity index (χ2v) is 7.39. The molecule has 1 unspecified atom stereocenters. The summed E-state index contributed by atoms with van der Waals surface area (Å²) in [6, 6.07) is 2.68. The van der Waals surface area contributed by atoms with Crippen molar-refractivity contribution in [2.75, 3.05) is 20.7 Å². The maximum Gasteiger partial charge on any atom is 0.308 e. The lowest BCUT2D eigenvalue weighted by Gasteiger charge is -2.25. The smallest absolute Gasteiger partial charge is 0.308 e. The van der Waals surface area contributed by atoms with Crippen molar-refractivity contribution in [2.45, 2.75) is 51.0 Å². The minimum atomic E-state index is -0.0516. The Hall–Kier alpha value is -1.86. The number of ether oxygens (including phenoxy) is 1. The second-order valence-electron chi connectivity index (χ2n) is 7.39. The number of carbonyl (C=O) groups excluding carboxylic acids is 1. The monoisotopic (exact) mass is 340 g/mol. The van der Waals surface area contributed by atoms with Crippen molar-refractivity contribution < 1.29 is 9.53 Å². The molecular formula is C21H28N2O2. The van der Waals surface area contributed by atoms with Gasteiger partial charge in [0.1, 0.15) is 0 Å². The summed E-state index contributed by atoms with van der Waals surface area (Å²) in [5.74, 6) is 7.28. The van der Waals surface area contributed by atoms with E-state index in [0.29, 0.717) is 12.0 Å². The zero-order valence-electron chi connectivity index (χ0n) is 15.3. The van der Waals surface area contributed by atoms with Gasteiger partial charge < -0.3 is 4.74 Å². The molecular weight excluding hydrogens is 312 g/mol. The molecule has 25 heavy (non-hydrogen) atoms. The zero-order chi connectivity index (χ0) is 17.6. The predicted octanol–water partition coefficient (Wildman–Crippen LogP) is 3.57. The summed E-state index contributed by atoms with van der Waals surface area (Å²) in [5, 5.41) is 0. The van der Waals surface area contributed by atoms with Gasteiger partial charge in [0.2, 0.25) is 0 Å². The standard InChI is InChI=1S/C21H28N2O2/c1-23-12-4-7-20(23)19-13-17(14-22-15-19)6-3-5-16-8-10-18(11-9-16)21(24)25-2/h13-16,18,20H,4-5,7-12H2,1-2H3. The third-order valence-electron chi connectivity index (χ3n) is 5.67. The van der Waals surface area contributed by atoms with Gasteiger partial charge >= 0.3 is 5.97 Å². The van der Waals surface area contributed by atoms with Crippen LogP contribution in [0, 0.1) is 23.7 Å². The van der Waals surface area contributed by atoms with Crippen LogP contribution in [0.3, 0.4) is 0 Å². The molecule has 4 heteroatoms. The molecule has 2 fully saturated rings. The summed E-state index contributed by atoms with van der Waals surface area (Å²) in [4.78, 5) is 18.4. The first-order chi connectivity index (χ1) is 12.2. The van der Waals surface area contributed by atoms with Crippen LogP contribution in [0.2, 0.25) is 0 Å². The van der Waals surface area contributed by atoms with Crippen LogP contribution in [0.25, 0.3) is 0 Å². The van der Waals surface area contributed by atoms with Gasteiger partial charge in [0.15, 0.2) is 0 Å². The molecule has 2 aliphatic rings. The quantitative estimate of drug-likeness (QED) is 0.623. The molecule has 0 spiro atoms. The Bertz CT molecular complexity index is 653. The van der Waals surface area contributed by atoms with Gasteiger partial charge in [-0.15, -0.1) is 0 Å². The highest BCUT2D eigenvalue weighted by molar-refractivity contribution is 5.72. The first-order valence-corrected chi connectivity index (χ1v) is 9.39. The van der Waals surface area contributed by atoms with Crippen LogP contribution in [0.5, 0.6) is 0 Å². The van der Waals surface area contributed by atoms with Crippen LogP contribution in [0.1, 0.15) is 62.1 Å². The maximum absolute atomic E-state index is 11.6. The lowest BCUT2D eigenvalue weighted by Crippen LogP contribution is -2.22. The number of methoxy groups -OCH3 is 1. The van der Waals surface area contributed by atoms with Gasteiger partial charge in [-0.2, -0.15) is 0 Å². The molecule has 0 radical (unpaired) electrons. The van der Waals surface area contributed by atoms with Crippen molar-refractivity contribution in [1.29, 1.82) is 0 Å². The third-order valence-corrected chi connectivity index (χ3v) is 5.67. The summed E-state index contributed by atoms with van der Waals surface area (Å²) in [6.07, 6.45) is 11.2. The molecule has 0 aromatic carbocycles. The fourth-order valence-corrected chi connectivity index (χ4v) is 4.11. The van der Waals surface area contributed by atoms with E-state index in [1.165, 1.54) is 25.5 Å². The van der Waals surface area contributed by atoms with Crippen molar-refractivity contribution in [1.82, 2.24) is 9.88 Å². The molecule has 1 saturated heterocycles. The fourth-order valence-electron chi connectivity index (χ4n) is 4.11. The molecule has 1 saturated carbocycles. The molecule has 4 nitrogen and oxygen atoms in total. The van der Waals surface area contributed by atoms with E-state index in [-0.39, 0.29) is 11.9 Å². The summed E-state index contributed by atoms with van der Waals surface area (Å²) in [6.45, 7) is 1.16. The second kappa shape index (κ2) is 8.49. The van der Waals surface area contributed by atoms with E-state index in [4.69, 9.17) is 4.74 Å². The number of esters is 1. The van der Waals surface area contributed by atoms with Crippen molar-refractivity contribution in [3.8, 4) is 11.8 Å². The normalized spacial score (nSPS) is 26.7. The van der Waals surface area contributed by atoms with Gasteiger partial charge in [0.25, 0.3) is 0 Å². The van der Waals surface area contributed by atoms with Crippen molar-refractivity contribution >= 4 is 5.97 Å². The van der Waals surface area contributed by atoms with Crippen LogP contribution in [-0.4, -0.2) is 36.6 Å². The summed E-state index contributed by atoms with van der Waals surface area (Å²) in [5.41, 5.74) is 2.30. The average Bonchev–Trinajstić information content (AvgIpc) is 3.08. The Labute approximate surface area is 151 Å². The molecule has 2 heterocycles. The number of hydrogen-bond donors (Lipinski definition) is 0. The Morgan fingerprint density at radius 1 is 1.28 bits per heavy atom. The lowest BCUT2D eigenvalue weighted by atomic mass is 9.80. The minimum Gasteiger partial charge on any atom is -0.469 e. The van der Waals surface area contributed by atoms with Gasteiger partial charge in [-0.1, -0.05) is 11.8 Å². The van der Waals surface area contributed by atoms with Crippen LogP contribution < -0.4 is 0 Å². The first-order valence-electron chi connectivity index (χ1n) is 9.39. The summed E-state index contributed by atoms with van der Waals surface area (Å²) >= 11 is 0. The number of aromatic nitrogens is 1. The van der Waals surface area contributed by atoms with Crippen LogP contribution >= 0.6 is 0 Å². The third kappa shape index (κ3) is 4.61. The number of nitrogens with zero attached hydrogens (tertiary/aromatic N) is 2. The van der Waals surface area contributed by atoms with E-state index in [9.17, 15) is 4.79 Å². The highest BCUT2D eigenvalue weighted by Gasteiger charge is 2.26. The highest BCUT2D eigenvalue weighted by atomic mass is 16.5. The molecule has 1 aromatic heterocycles. The van der Waals surface area contributed by atoms with Gasteiger partial charge in [-0.25, -0.2) is 0 Å². The van der Waals surface area contributed by atoms with E-state index in [1.54, 1.807) is 0 Å². The lowest BCUT2D eigenvalue weighted by molar-refractivity contribution is -0.146. The van der Waals surface area contributed by atoms with Crippen LogP contribution in [-0.2, 0) is 9.53 Å². The molecule has 0 N–H and O–H groups in total. The molecule has 0 bridgehead atoms. The average molecular weight is 340 g/mol. The van der Waals surface area contributed by atoms with E-state index in [1.807, 2.05) is 12.4 Å². The number of carbonyl (C=O) groups is 1. The number of hydrogen-bond acceptors (Lipinski definition) is 4. The predicted molar refractivity (Wildman–Crippen MR) is 97.8 cm³/mol. The highest BCUT2D eigenvalue weighted by Crippen LogP contribution is 2.31. The minimum absolute atomic E-state index is 0.0516. The van der Waals surface area contributed by atoms with Crippen molar-refractivity contribution in [2.24, 2.45) is 11.8 Å². The Morgan fingerprint density at radius 2 is 2.08 bits per heavy atom. The van der Waals surface area contributed by atoms with E-state index < -0.39 is 0 Å². The van der Waals surface area contributed by atoms with Gasteiger partial charge in [-0.05, 0) is 69.7 Å². The number of rotatable bonds is 3. The van der Waals surface area contributed by atoms with E-state index in [0.717, 1.165) is 44.2 Å². The first kappa shape index (κ1) is 17.9. The Kier molecular flexibility index (Phi) is 6.09. The van der Waals surface area contributed by atoms with Crippen LogP contribution in [0.4, 0.5) is 0 Å². The van der Waals surface area contributed by atoms with Crippen LogP contribution in [0.15, 0.2) is 18.5 Å².